The standard InChI is InChI=1S/C7H11N3O2S/c1-13(11,12)10-5-7(4-8-10)9-6-2-3-6/h4-6,9H,2-3H2,1H3. The molecule has 1 aromatic heterocycles. The van der Waals surface area contributed by atoms with Gasteiger partial charge in [-0.2, -0.15) is 9.19 Å². The number of nitrogens with zero attached hydrogens (tertiary/aromatic N) is 2. The zero-order chi connectivity index (χ0) is 9.47. The van der Waals surface area contributed by atoms with Gasteiger partial charge in [-0.3, -0.25) is 0 Å². The molecular weight excluding hydrogens is 190 g/mol. The van der Waals surface area contributed by atoms with Crippen LogP contribution in [0, 0.1) is 0 Å². The summed E-state index contributed by atoms with van der Waals surface area (Å²) < 4.78 is 23.0. The SMILES string of the molecule is CS(=O)(=O)n1cc(NC2CC2)cn1. The summed E-state index contributed by atoms with van der Waals surface area (Å²) in [6, 6.07) is 0.511. The molecule has 1 heterocycles. The van der Waals surface area contributed by atoms with Crippen LogP contribution in [-0.4, -0.2) is 29.9 Å². The van der Waals surface area contributed by atoms with E-state index in [2.05, 4.69) is 10.4 Å². The fourth-order valence-electron chi connectivity index (χ4n) is 1.02. The molecule has 2 rings (SSSR count). The normalized spacial score (nSPS) is 17.3. The third kappa shape index (κ3) is 2.00. The molecule has 1 N–H and O–H groups in total. The van der Waals surface area contributed by atoms with Crippen molar-refractivity contribution in [2.75, 3.05) is 11.6 Å². The van der Waals surface area contributed by atoms with Crippen LogP contribution in [0.15, 0.2) is 12.4 Å². The number of hydrogen-bond donors (Lipinski definition) is 1. The van der Waals surface area contributed by atoms with E-state index in [1.54, 1.807) is 0 Å². The zero-order valence-corrected chi connectivity index (χ0v) is 8.08. The Morgan fingerprint density at radius 3 is 2.77 bits per heavy atom. The molecule has 0 spiro atoms. The first-order valence-corrected chi connectivity index (χ1v) is 5.92. The maximum atomic E-state index is 11.0. The van der Waals surface area contributed by atoms with Crippen molar-refractivity contribution in [1.82, 2.24) is 9.19 Å². The summed E-state index contributed by atoms with van der Waals surface area (Å²) in [6.45, 7) is 0. The van der Waals surface area contributed by atoms with Crippen molar-refractivity contribution >= 4 is 15.7 Å². The molecule has 0 radical (unpaired) electrons. The average Bonchev–Trinajstić information content (AvgIpc) is 2.63. The van der Waals surface area contributed by atoms with Gasteiger partial charge in [-0.25, -0.2) is 8.42 Å². The van der Waals surface area contributed by atoms with Gasteiger partial charge in [-0.1, -0.05) is 0 Å². The first-order chi connectivity index (χ1) is 6.05. The predicted molar refractivity (Wildman–Crippen MR) is 49.1 cm³/mol. The molecule has 0 unspecified atom stereocenters. The summed E-state index contributed by atoms with van der Waals surface area (Å²) in [5, 5.41) is 6.90. The number of rotatable bonds is 3. The lowest BCUT2D eigenvalue weighted by atomic mass is 10.5. The van der Waals surface area contributed by atoms with Gasteiger partial charge in [-0.15, -0.1) is 0 Å². The zero-order valence-electron chi connectivity index (χ0n) is 7.27. The van der Waals surface area contributed by atoms with Crippen LogP contribution in [0.25, 0.3) is 0 Å². The molecule has 72 valence electrons. The molecule has 6 heteroatoms. The van der Waals surface area contributed by atoms with Crippen LogP contribution >= 0.6 is 0 Å². The Morgan fingerprint density at radius 1 is 1.62 bits per heavy atom. The third-order valence-corrected chi connectivity index (χ3v) is 2.73. The smallest absolute Gasteiger partial charge is 0.250 e. The van der Waals surface area contributed by atoms with E-state index in [4.69, 9.17) is 0 Å². The topological polar surface area (TPSA) is 64.0 Å². The number of hydrogen-bond acceptors (Lipinski definition) is 4. The molecule has 0 atom stereocenters. The van der Waals surface area contributed by atoms with Gasteiger partial charge < -0.3 is 5.32 Å². The molecule has 0 saturated heterocycles. The monoisotopic (exact) mass is 201 g/mol. The highest BCUT2D eigenvalue weighted by molar-refractivity contribution is 7.89. The Balaban J connectivity index is 2.17. The van der Waals surface area contributed by atoms with E-state index in [0.29, 0.717) is 6.04 Å². The van der Waals surface area contributed by atoms with Gasteiger partial charge in [0.05, 0.1) is 24.3 Å². The molecule has 1 fully saturated rings. The van der Waals surface area contributed by atoms with E-state index in [1.165, 1.54) is 12.4 Å². The first-order valence-electron chi connectivity index (χ1n) is 4.07. The van der Waals surface area contributed by atoms with Gasteiger partial charge in [0.15, 0.2) is 0 Å². The molecule has 0 aromatic carbocycles. The van der Waals surface area contributed by atoms with Crippen LogP contribution in [0.1, 0.15) is 12.8 Å². The summed E-state index contributed by atoms with van der Waals surface area (Å²) in [6.07, 6.45) is 6.46. The van der Waals surface area contributed by atoms with Gasteiger partial charge >= 0.3 is 0 Å². The second-order valence-corrected chi connectivity index (χ2v) is 5.12. The van der Waals surface area contributed by atoms with Gasteiger partial charge in [-0.05, 0) is 12.8 Å². The lowest BCUT2D eigenvalue weighted by Crippen LogP contribution is -2.10. The summed E-state index contributed by atoms with van der Waals surface area (Å²) in [5.74, 6) is 0. The van der Waals surface area contributed by atoms with Crippen LogP contribution in [0.5, 0.6) is 0 Å². The highest BCUT2D eigenvalue weighted by Crippen LogP contribution is 2.24. The quantitative estimate of drug-likeness (QED) is 0.762. The predicted octanol–water partition coefficient (Wildman–Crippen LogP) is 0.265. The third-order valence-electron chi connectivity index (χ3n) is 1.85. The second kappa shape index (κ2) is 2.73. The Morgan fingerprint density at radius 2 is 2.31 bits per heavy atom. The summed E-state index contributed by atoms with van der Waals surface area (Å²) >= 11 is 0. The van der Waals surface area contributed by atoms with Crippen LogP contribution in [0.4, 0.5) is 5.69 Å². The molecule has 1 saturated carbocycles. The largest absolute Gasteiger partial charge is 0.380 e. The maximum Gasteiger partial charge on any atom is 0.250 e. The van der Waals surface area contributed by atoms with Crippen molar-refractivity contribution < 1.29 is 8.42 Å². The molecule has 0 amide bonds. The molecule has 1 aliphatic rings. The Bertz CT molecular complexity index is 405. The van der Waals surface area contributed by atoms with Crippen molar-refractivity contribution in [3.63, 3.8) is 0 Å². The highest BCUT2D eigenvalue weighted by Gasteiger charge is 2.21. The number of nitrogens with one attached hydrogen (secondary N) is 1. The van der Waals surface area contributed by atoms with E-state index in [-0.39, 0.29) is 0 Å². The maximum absolute atomic E-state index is 11.0. The van der Waals surface area contributed by atoms with E-state index >= 15 is 0 Å². The van der Waals surface area contributed by atoms with Gasteiger partial charge in [0.2, 0.25) is 0 Å². The number of anilines is 1. The minimum Gasteiger partial charge on any atom is -0.380 e. The van der Waals surface area contributed by atoms with E-state index in [1.807, 2.05) is 0 Å². The average molecular weight is 201 g/mol. The highest BCUT2D eigenvalue weighted by atomic mass is 32.2. The van der Waals surface area contributed by atoms with Crippen LogP contribution in [0.2, 0.25) is 0 Å². The van der Waals surface area contributed by atoms with Crippen molar-refractivity contribution in [3.05, 3.63) is 12.4 Å². The fraction of sp³-hybridized carbons (Fsp3) is 0.571. The van der Waals surface area contributed by atoms with Crippen molar-refractivity contribution in [1.29, 1.82) is 0 Å². The summed E-state index contributed by atoms with van der Waals surface area (Å²) in [4.78, 5) is 0. The first kappa shape index (κ1) is 8.55. The van der Waals surface area contributed by atoms with Crippen molar-refractivity contribution in [3.8, 4) is 0 Å². The van der Waals surface area contributed by atoms with Crippen LogP contribution in [-0.2, 0) is 10.0 Å². The fourth-order valence-corrected chi connectivity index (χ4v) is 1.55. The minimum atomic E-state index is -3.23. The Hall–Kier alpha value is -1.04. The lowest BCUT2D eigenvalue weighted by molar-refractivity contribution is 0.586. The Labute approximate surface area is 76.8 Å². The summed E-state index contributed by atoms with van der Waals surface area (Å²) in [7, 11) is -3.23. The lowest BCUT2D eigenvalue weighted by Gasteiger charge is -1.97. The molecule has 0 bridgehead atoms. The molecule has 13 heavy (non-hydrogen) atoms. The number of aromatic nitrogens is 2. The molecule has 1 aliphatic carbocycles. The molecule has 0 aliphatic heterocycles. The second-order valence-electron chi connectivity index (χ2n) is 3.28. The van der Waals surface area contributed by atoms with Crippen molar-refractivity contribution in [2.24, 2.45) is 0 Å². The van der Waals surface area contributed by atoms with Gasteiger partial charge in [0.25, 0.3) is 10.0 Å². The molecular formula is C7H11N3O2S. The van der Waals surface area contributed by atoms with E-state index < -0.39 is 10.0 Å². The Kier molecular flexibility index (Phi) is 1.80. The summed E-state index contributed by atoms with van der Waals surface area (Å²) in [5.41, 5.74) is 0.771. The van der Waals surface area contributed by atoms with Gasteiger partial charge in [0.1, 0.15) is 0 Å². The van der Waals surface area contributed by atoms with E-state index in [0.717, 1.165) is 28.9 Å². The molecule has 1 aromatic rings. The van der Waals surface area contributed by atoms with Gasteiger partial charge in [0, 0.05) is 6.04 Å². The molecule has 5 nitrogen and oxygen atoms in total. The van der Waals surface area contributed by atoms with Crippen LogP contribution < -0.4 is 5.32 Å². The van der Waals surface area contributed by atoms with Crippen molar-refractivity contribution in [2.45, 2.75) is 18.9 Å². The van der Waals surface area contributed by atoms with Crippen LogP contribution in [0.3, 0.4) is 0 Å². The minimum absolute atomic E-state index is 0.511. The van der Waals surface area contributed by atoms with E-state index in [9.17, 15) is 8.42 Å².